The number of aromatic nitrogens is 1. The largest absolute Gasteiger partial charge is 0.293 e. The molecule has 0 fully saturated rings. The Balaban J connectivity index is 1.21. The molecule has 1 unspecified atom stereocenters. The van der Waals surface area contributed by atoms with Crippen LogP contribution < -0.4 is 0 Å². The van der Waals surface area contributed by atoms with Crippen LogP contribution in [0.25, 0.3) is 60.4 Å². The highest BCUT2D eigenvalue weighted by Crippen LogP contribution is 2.45. The molecule has 8 aromatic carbocycles. The predicted octanol–water partition coefficient (Wildman–Crippen LogP) is 14.4. The fraction of sp³-hybridized carbons (Fsp3) is 0.109. The summed E-state index contributed by atoms with van der Waals surface area (Å²) in [6, 6.07) is 67.4. The fourth-order valence-electron chi connectivity index (χ4n) is 9.86. The van der Waals surface area contributed by atoms with Gasteiger partial charge >= 0.3 is 0 Å². The molecule has 0 bridgehead atoms. The maximum absolute atomic E-state index is 5.75. The van der Waals surface area contributed by atoms with Crippen molar-refractivity contribution in [3.05, 3.63) is 215 Å². The van der Waals surface area contributed by atoms with Gasteiger partial charge < -0.3 is 0 Å². The summed E-state index contributed by atoms with van der Waals surface area (Å²) in [5, 5.41) is 5.07. The molecule has 0 saturated carbocycles. The Bertz CT molecular complexity index is 3090. The van der Waals surface area contributed by atoms with Gasteiger partial charge in [-0.05, 0) is 111 Å². The number of fused-ring (bicyclic) bond motifs is 9. The van der Waals surface area contributed by atoms with Gasteiger partial charge in [-0.3, -0.25) is 4.57 Å². The average Bonchev–Trinajstić information content (AvgIpc) is 3.38. The SMILES string of the molecule is CCC1=C(c2ccccc2-c2ccccc2)C(n2c3ccc(C4CCc5ccccc5-c5ccccc54)cc3c3c4ccccc4ccc32)=Nc2ccccc2C1. The van der Waals surface area contributed by atoms with Crippen molar-refractivity contribution < 1.29 is 0 Å². The summed E-state index contributed by atoms with van der Waals surface area (Å²) in [4.78, 5) is 5.75. The van der Waals surface area contributed by atoms with Crippen molar-refractivity contribution in [2.45, 2.75) is 38.5 Å². The van der Waals surface area contributed by atoms with Crippen LogP contribution in [0.5, 0.6) is 0 Å². The molecule has 0 saturated heterocycles. The van der Waals surface area contributed by atoms with Crippen molar-refractivity contribution in [2.24, 2.45) is 4.99 Å². The first-order valence-electron chi connectivity index (χ1n) is 20.4. The van der Waals surface area contributed by atoms with Crippen LogP contribution in [0.4, 0.5) is 5.69 Å². The maximum atomic E-state index is 5.75. The minimum Gasteiger partial charge on any atom is -0.293 e. The van der Waals surface area contributed by atoms with E-state index in [0.717, 1.165) is 37.2 Å². The quantitative estimate of drug-likeness (QED) is 0.172. The van der Waals surface area contributed by atoms with Gasteiger partial charge in [0.2, 0.25) is 0 Å². The normalized spacial score (nSPS) is 15.2. The highest BCUT2D eigenvalue weighted by Gasteiger charge is 2.29. The molecule has 0 spiro atoms. The number of allylic oxidation sites excluding steroid dienone is 2. The molecule has 2 heteroatoms. The lowest BCUT2D eigenvalue weighted by Gasteiger charge is -2.21. The van der Waals surface area contributed by atoms with Crippen LogP contribution >= 0.6 is 0 Å². The summed E-state index contributed by atoms with van der Waals surface area (Å²) in [7, 11) is 0. The molecule has 272 valence electrons. The summed E-state index contributed by atoms with van der Waals surface area (Å²) in [6.07, 6.45) is 3.87. The molecule has 0 radical (unpaired) electrons. The first-order valence-corrected chi connectivity index (χ1v) is 20.4. The average molecular weight is 731 g/mol. The first-order chi connectivity index (χ1) is 28.2. The van der Waals surface area contributed by atoms with Gasteiger partial charge in [0.25, 0.3) is 0 Å². The predicted molar refractivity (Wildman–Crippen MR) is 241 cm³/mol. The molecular formula is C55H42N2. The molecule has 0 amide bonds. The van der Waals surface area contributed by atoms with Crippen molar-refractivity contribution in [1.82, 2.24) is 4.57 Å². The second kappa shape index (κ2) is 13.8. The minimum atomic E-state index is 0.272. The lowest BCUT2D eigenvalue weighted by Crippen LogP contribution is -2.16. The van der Waals surface area contributed by atoms with Crippen molar-refractivity contribution >= 4 is 49.7 Å². The highest BCUT2D eigenvalue weighted by atomic mass is 15.1. The molecule has 0 N–H and O–H groups in total. The fourth-order valence-corrected chi connectivity index (χ4v) is 9.86. The molecular weight excluding hydrogens is 689 g/mol. The van der Waals surface area contributed by atoms with Crippen LogP contribution in [-0.4, -0.2) is 10.4 Å². The molecule has 57 heavy (non-hydrogen) atoms. The Morgan fingerprint density at radius 2 is 1.25 bits per heavy atom. The van der Waals surface area contributed by atoms with Crippen LogP contribution in [0.1, 0.15) is 53.5 Å². The van der Waals surface area contributed by atoms with E-state index < -0.39 is 0 Å². The number of hydrogen-bond donors (Lipinski definition) is 0. The zero-order valence-electron chi connectivity index (χ0n) is 32.1. The Kier molecular flexibility index (Phi) is 8.10. The maximum Gasteiger partial charge on any atom is 0.146 e. The summed E-state index contributed by atoms with van der Waals surface area (Å²) in [5.74, 6) is 1.26. The summed E-state index contributed by atoms with van der Waals surface area (Å²) in [6.45, 7) is 2.31. The zero-order chi connectivity index (χ0) is 37.9. The minimum absolute atomic E-state index is 0.272. The molecule has 1 aliphatic heterocycles. The van der Waals surface area contributed by atoms with Gasteiger partial charge in [-0.2, -0.15) is 0 Å². The topological polar surface area (TPSA) is 17.3 Å². The number of aryl methyl sites for hydroxylation is 1. The molecule has 2 aliphatic rings. The number of benzene rings is 8. The molecule has 2 heterocycles. The Hall–Kier alpha value is -6.77. The van der Waals surface area contributed by atoms with Crippen molar-refractivity contribution in [1.29, 1.82) is 0 Å². The van der Waals surface area contributed by atoms with Gasteiger partial charge in [0, 0.05) is 22.3 Å². The Labute approximate surface area is 334 Å². The summed E-state index contributed by atoms with van der Waals surface area (Å²) < 4.78 is 2.49. The lowest BCUT2D eigenvalue weighted by atomic mass is 9.85. The lowest BCUT2D eigenvalue weighted by molar-refractivity contribution is 0.727. The number of aliphatic imine (C=N–C) groups is 1. The van der Waals surface area contributed by atoms with Gasteiger partial charge in [-0.25, -0.2) is 4.99 Å². The summed E-state index contributed by atoms with van der Waals surface area (Å²) >= 11 is 0. The number of nitrogens with zero attached hydrogens (tertiary/aromatic N) is 2. The van der Waals surface area contributed by atoms with E-state index in [1.54, 1.807) is 0 Å². The highest BCUT2D eigenvalue weighted by molar-refractivity contribution is 6.33. The van der Waals surface area contributed by atoms with Gasteiger partial charge in [0.05, 0.1) is 16.7 Å². The van der Waals surface area contributed by atoms with E-state index in [2.05, 4.69) is 193 Å². The molecule has 11 rings (SSSR count). The van der Waals surface area contributed by atoms with E-state index >= 15 is 0 Å². The van der Waals surface area contributed by atoms with E-state index in [1.807, 2.05) is 0 Å². The smallest absolute Gasteiger partial charge is 0.146 e. The van der Waals surface area contributed by atoms with Gasteiger partial charge in [0.1, 0.15) is 5.84 Å². The number of hydrogen-bond acceptors (Lipinski definition) is 1. The molecule has 1 aromatic heterocycles. The first kappa shape index (κ1) is 33.6. The second-order valence-electron chi connectivity index (χ2n) is 15.6. The van der Waals surface area contributed by atoms with Crippen LogP contribution in [-0.2, 0) is 12.8 Å². The van der Waals surface area contributed by atoms with Crippen LogP contribution in [0.15, 0.2) is 193 Å². The third-order valence-electron chi connectivity index (χ3n) is 12.5. The third-order valence-corrected chi connectivity index (χ3v) is 12.5. The van der Waals surface area contributed by atoms with Crippen molar-refractivity contribution in [2.75, 3.05) is 0 Å². The van der Waals surface area contributed by atoms with Gasteiger partial charge in [-0.15, -0.1) is 0 Å². The second-order valence-corrected chi connectivity index (χ2v) is 15.6. The Morgan fingerprint density at radius 3 is 2.11 bits per heavy atom. The standard InChI is InChI=1S/C55H42N2/c1-2-36-34-41-20-8-15-27-50(41)56-55(53(36)48-26-14-11-22-43(48)37-16-4-3-5-17-37)57-51-32-30-40(35-49(51)54-45-23-10-7-19-39(45)29-33-52(54)57)44-31-28-38-18-6-9-21-42(38)46-24-12-13-25-47(44)46/h3-27,29-30,32-33,35,44H,2,28,31,34H2,1H3. The van der Waals surface area contributed by atoms with E-state index in [-0.39, 0.29) is 5.92 Å². The van der Waals surface area contributed by atoms with Crippen LogP contribution in [0.3, 0.4) is 0 Å². The molecule has 9 aromatic rings. The van der Waals surface area contributed by atoms with Crippen molar-refractivity contribution in [3.8, 4) is 22.3 Å². The van der Waals surface area contributed by atoms with E-state index in [4.69, 9.17) is 4.99 Å². The van der Waals surface area contributed by atoms with Crippen LogP contribution in [0, 0.1) is 0 Å². The van der Waals surface area contributed by atoms with Gasteiger partial charge in [-0.1, -0.05) is 170 Å². The van der Waals surface area contributed by atoms with Crippen molar-refractivity contribution in [3.63, 3.8) is 0 Å². The van der Waals surface area contributed by atoms with E-state index in [9.17, 15) is 0 Å². The van der Waals surface area contributed by atoms with E-state index in [0.29, 0.717) is 0 Å². The zero-order valence-corrected chi connectivity index (χ0v) is 32.1. The van der Waals surface area contributed by atoms with Crippen LogP contribution in [0.2, 0.25) is 0 Å². The Morgan fingerprint density at radius 1 is 0.561 bits per heavy atom. The third kappa shape index (κ3) is 5.51. The monoisotopic (exact) mass is 730 g/mol. The molecule has 2 nitrogen and oxygen atoms in total. The molecule has 1 aliphatic carbocycles. The van der Waals surface area contributed by atoms with E-state index in [1.165, 1.54) is 93.8 Å². The van der Waals surface area contributed by atoms with Gasteiger partial charge in [0.15, 0.2) is 0 Å². The molecule has 1 atom stereocenters. The summed E-state index contributed by atoms with van der Waals surface area (Å²) in [5.41, 5.74) is 17.9. The number of rotatable bonds is 4. The number of para-hydroxylation sites is 1.